The lowest BCUT2D eigenvalue weighted by molar-refractivity contribution is -0.132. The Morgan fingerprint density at radius 3 is 2.38 bits per heavy atom. The smallest absolute Gasteiger partial charge is 0.409 e. The fourth-order valence-corrected chi connectivity index (χ4v) is 3.10. The molecule has 0 aliphatic carbocycles. The summed E-state index contributed by atoms with van der Waals surface area (Å²) in [7, 11) is 0. The molecule has 0 N–H and O–H groups in total. The highest BCUT2D eigenvalue weighted by atomic mass is 16.6. The number of piperazine rings is 1. The molecule has 2 amide bonds. The summed E-state index contributed by atoms with van der Waals surface area (Å²) in [5, 5.41) is 0. The maximum absolute atomic E-state index is 12.5. The maximum Gasteiger partial charge on any atom is 0.409 e. The number of anilines is 1. The summed E-state index contributed by atoms with van der Waals surface area (Å²) in [5.74, 6) is 1.10. The molecule has 0 bridgehead atoms. The molecule has 0 unspecified atom stereocenters. The average Bonchev–Trinajstić information content (AvgIpc) is 2.68. The zero-order chi connectivity index (χ0) is 18.9. The van der Waals surface area contributed by atoms with Gasteiger partial charge in [0, 0.05) is 51.9 Å². The minimum atomic E-state index is -0.291. The lowest BCUT2D eigenvalue weighted by atomic mass is 10.1. The van der Waals surface area contributed by atoms with E-state index in [9.17, 15) is 9.59 Å². The van der Waals surface area contributed by atoms with Gasteiger partial charge in [0.05, 0.1) is 6.61 Å². The first-order valence-corrected chi connectivity index (χ1v) is 9.48. The molecule has 0 spiro atoms. The van der Waals surface area contributed by atoms with Crippen LogP contribution in [0.5, 0.6) is 0 Å². The van der Waals surface area contributed by atoms with Gasteiger partial charge in [0.25, 0.3) is 0 Å². The molecule has 1 aliphatic heterocycles. The Kier molecular flexibility index (Phi) is 7.69. The van der Waals surface area contributed by atoms with Crippen LogP contribution in [0.15, 0.2) is 18.3 Å². The van der Waals surface area contributed by atoms with Crippen molar-refractivity contribution in [2.75, 3.05) is 50.8 Å². The molecule has 0 saturated carbocycles. The third kappa shape index (κ3) is 5.34. The van der Waals surface area contributed by atoms with E-state index in [1.807, 2.05) is 17.2 Å². The van der Waals surface area contributed by atoms with Crippen molar-refractivity contribution in [3.05, 3.63) is 23.9 Å². The second-order valence-electron chi connectivity index (χ2n) is 6.26. The molecule has 7 nitrogen and oxygen atoms in total. The monoisotopic (exact) mass is 362 g/mol. The summed E-state index contributed by atoms with van der Waals surface area (Å²) in [6.45, 7) is 10.4. The van der Waals surface area contributed by atoms with Crippen molar-refractivity contribution in [1.29, 1.82) is 0 Å². The molecule has 0 atom stereocenters. The van der Waals surface area contributed by atoms with Crippen LogP contribution in [-0.4, -0.2) is 72.7 Å². The van der Waals surface area contributed by atoms with E-state index in [0.29, 0.717) is 45.6 Å². The van der Waals surface area contributed by atoms with E-state index in [1.165, 1.54) is 0 Å². The molecule has 144 valence electrons. The summed E-state index contributed by atoms with van der Waals surface area (Å²) in [4.78, 5) is 34.3. The summed E-state index contributed by atoms with van der Waals surface area (Å²) in [6.07, 6.45) is 2.70. The number of ether oxygens (including phenoxy) is 1. The Bertz CT molecular complexity index is 596. The van der Waals surface area contributed by atoms with E-state index >= 15 is 0 Å². The van der Waals surface area contributed by atoms with Crippen molar-refractivity contribution in [3.63, 3.8) is 0 Å². The molecule has 7 heteroatoms. The Balaban J connectivity index is 1.82. The minimum Gasteiger partial charge on any atom is -0.450 e. The number of aromatic nitrogens is 1. The second kappa shape index (κ2) is 9.99. The molecule has 1 aromatic rings. The summed E-state index contributed by atoms with van der Waals surface area (Å²) < 4.78 is 5.00. The van der Waals surface area contributed by atoms with Crippen LogP contribution in [0.2, 0.25) is 0 Å². The van der Waals surface area contributed by atoms with Crippen LogP contribution in [0, 0.1) is 0 Å². The summed E-state index contributed by atoms with van der Waals surface area (Å²) in [5.41, 5.74) is 1.13. The number of hydrogen-bond acceptors (Lipinski definition) is 5. The molecule has 2 rings (SSSR count). The van der Waals surface area contributed by atoms with Gasteiger partial charge in [0.1, 0.15) is 5.82 Å². The Morgan fingerprint density at radius 2 is 1.77 bits per heavy atom. The van der Waals surface area contributed by atoms with Crippen LogP contribution < -0.4 is 4.90 Å². The molecule has 1 fully saturated rings. The van der Waals surface area contributed by atoms with Crippen LogP contribution in [0.1, 0.15) is 32.8 Å². The Labute approximate surface area is 155 Å². The predicted molar refractivity (Wildman–Crippen MR) is 101 cm³/mol. The molecular formula is C19H30N4O3. The molecule has 26 heavy (non-hydrogen) atoms. The van der Waals surface area contributed by atoms with E-state index in [-0.39, 0.29) is 12.0 Å². The minimum absolute atomic E-state index is 0.134. The molecule has 1 saturated heterocycles. The van der Waals surface area contributed by atoms with Gasteiger partial charge < -0.3 is 19.4 Å². The zero-order valence-electron chi connectivity index (χ0n) is 16.1. The van der Waals surface area contributed by atoms with Gasteiger partial charge in [-0.05, 0) is 44.9 Å². The van der Waals surface area contributed by atoms with Gasteiger partial charge in [-0.2, -0.15) is 0 Å². The van der Waals surface area contributed by atoms with Gasteiger partial charge >= 0.3 is 6.09 Å². The van der Waals surface area contributed by atoms with E-state index in [1.54, 1.807) is 11.8 Å². The fraction of sp³-hybridized carbons (Fsp3) is 0.632. The number of carbonyl (C=O) groups excluding carboxylic acids is 2. The summed E-state index contributed by atoms with van der Waals surface area (Å²) >= 11 is 0. The molecule has 0 aromatic carbocycles. The topological polar surface area (TPSA) is 66.0 Å². The van der Waals surface area contributed by atoms with Crippen molar-refractivity contribution in [3.8, 4) is 0 Å². The lowest BCUT2D eigenvalue weighted by Gasteiger charge is -2.34. The highest BCUT2D eigenvalue weighted by Gasteiger charge is 2.24. The first kappa shape index (κ1) is 20.0. The van der Waals surface area contributed by atoms with Crippen molar-refractivity contribution in [2.45, 2.75) is 33.6 Å². The molecule has 0 radical (unpaired) electrons. The largest absolute Gasteiger partial charge is 0.450 e. The van der Waals surface area contributed by atoms with Crippen molar-refractivity contribution >= 4 is 17.8 Å². The fourth-order valence-electron chi connectivity index (χ4n) is 3.10. The highest BCUT2D eigenvalue weighted by Crippen LogP contribution is 2.14. The highest BCUT2D eigenvalue weighted by molar-refractivity contribution is 5.77. The number of rotatable bonds is 7. The van der Waals surface area contributed by atoms with Gasteiger partial charge in [-0.1, -0.05) is 0 Å². The molecule has 1 aliphatic rings. The van der Waals surface area contributed by atoms with E-state index < -0.39 is 0 Å². The van der Waals surface area contributed by atoms with Gasteiger partial charge in [-0.15, -0.1) is 0 Å². The third-order valence-corrected chi connectivity index (χ3v) is 4.68. The normalized spacial score (nSPS) is 14.3. The third-order valence-electron chi connectivity index (χ3n) is 4.68. The van der Waals surface area contributed by atoms with Gasteiger partial charge in [-0.25, -0.2) is 9.78 Å². The number of pyridine rings is 1. The van der Waals surface area contributed by atoms with E-state index in [2.05, 4.69) is 29.8 Å². The van der Waals surface area contributed by atoms with Gasteiger partial charge in [0.15, 0.2) is 0 Å². The Hall–Kier alpha value is -2.31. The summed E-state index contributed by atoms with van der Waals surface area (Å²) in [6, 6.07) is 4.04. The molecule has 1 aromatic heterocycles. The van der Waals surface area contributed by atoms with Gasteiger partial charge in [-0.3, -0.25) is 4.79 Å². The lowest BCUT2D eigenvalue weighted by Crippen LogP contribution is -2.50. The maximum atomic E-state index is 12.5. The SMILES string of the molecule is CCOC(=O)N1CCN(C(=O)CCc2ccnc(N(CC)CC)c2)CC1. The number of aryl methyl sites for hydroxylation is 1. The van der Waals surface area contributed by atoms with Crippen LogP contribution in [0.3, 0.4) is 0 Å². The first-order valence-electron chi connectivity index (χ1n) is 9.48. The van der Waals surface area contributed by atoms with Crippen LogP contribution >= 0.6 is 0 Å². The number of hydrogen-bond donors (Lipinski definition) is 0. The van der Waals surface area contributed by atoms with Crippen molar-refractivity contribution in [2.24, 2.45) is 0 Å². The van der Waals surface area contributed by atoms with Crippen molar-refractivity contribution in [1.82, 2.24) is 14.8 Å². The number of nitrogens with zero attached hydrogens (tertiary/aromatic N) is 4. The standard InChI is InChI=1S/C19H30N4O3/c1-4-21(5-2)17-15-16(9-10-20-17)7-8-18(24)22-11-13-23(14-12-22)19(25)26-6-3/h9-10,15H,4-8,11-14H2,1-3H3. The average molecular weight is 362 g/mol. The van der Waals surface area contributed by atoms with Crippen LogP contribution in [0.4, 0.5) is 10.6 Å². The predicted octanol–water partition coefficient (Wildman–Crippen LogP) is 2.16. The first-order chi connectivity index (χ1) is 12.6. The Morgan fingerprint density at radius 1 is 1.12 bits per heavy atom. The molecular weight excluding hydrogens is 332 g/mol. The number of amides is 2. The van der Waals surface area contributed by atoms with Gasteiger partial charge in [0.2, 0.25) is 5.91 Å². The van der Waals surface area contributed by atoms with E-state index in [0.717, 1.165) is 24.5 Å². The van der Waals surface area contributed by atoms with E-state index in [4.69, 9.17) is 4.74 Å². The quantitative estimate of drug-likeness (QED) is 0.744. The zero-order valence-corrected chi connectivity index (χ0v) is 16.1. The molecule has 2 heterocycles. The second-order valence-corrected chi connectivity index (χ2v) is 6.26. The van der Waals surface area contributed by atoms with Crippen molar-refractivity contribution < 1.29 is 14.3 Å². The van der Waals surface area contributed by atoms with Crippen LogP contribution in [0.25, 0.3) is 0 Å². The van der Waals surface area contributed by atoms with Crippen LogP contribution in [-0.2, 0) is 16.0 Å². The number of carbonyl (C=O) groups is 2.